The van der Waals surface area contributed by atoms with Crippen LogP contribution in [-0.2, 0) is 0 Å². The van der Waals surface area contributed by atoms with Crippen molar-refractivity contribution in [2.45, 2.75) is 0 Å². The monoisotopic (exact) mass is 448 g/mol. The van der Waals surface area contributed by atoms with Crippen LogP contribution in [0.3, 0.4) is 0 Å². The molecule has 0 aliphatic carbocycles. The minimum Gasteiger partial charge on any atom is -0.397 e. The number of hydrogen-bond acceptors (Lipinski definition) is 8. The Kier molecular flexibility index (Phi) is 6.43. The summed E-state index contributed by atoms with van der Waals surface area (Å²) in [5, 5.41) is 6.00. The van der Waals surface area contributed by atoms with E-state index in [1.165, 1.54) is 17.3 Å². The van der Waals surface area contributed by atoms with Crippen molar-refractivity contribution in [3.05, 3.63) is 72.4 Å². The maximum atomic E-state index is 14.5. The van der Waals surface area contributed by atoms with Crippen LogP contribution in [0.15, 0.2) is 55.5 Å². The second kappa shape index (κ2) is 9.43. The lowest BCUT2D eigenvalue weighted by molar-refractivity contribution is 0.312. The molecule has 3 aromatic rings. The number of likely N-dealkylation sites (N-methyl/N-ethyl adjacent to an activating group) is 1. The number of hydrazine groups is 1. The summed E-state index contributed by atoms with van der Waals surface area (Å²) in [6.07, 6.45) is 4.88. The summed E-state index contributed by atoms with van der Waals surface area (Å²) in [6, 6.07) is 8.89. The van der Waals surface area contributed by atoms with Gasteiger partial charge in [-0.2, -0.15) is 0 Å². The zero-order valence-electron chi connectivity index (χ0n) is 18.9. The van der Waals surface area contributed by atoms with E-state index in [2.05, 4.69) is 38.7 Å². The summed E-state index contributed by atoms with van der Waals surface area (Å²) < 4.78 is 14.5. The Morgan fingerprint density at radius 2 is 1.91 bits per heavy atom. The molecule has 2 aromatic heterocycles. The van der Waals surface area contributed by atoms with Gasteiger partial charge in [-0.25, -0.2) is 20.2 Å². The van der Waals surface area contributed by atoms with Crippen molar-refractivity contribution in [1.29, 1.82) is 0 Å². The van der Waals surface area contributed by atoms with Gasteiger partial charge in [0.2, 0.25) is 0 Å². The quantitative estimate of drug-likeness (QED) is 0.391. The van der Waals surface area contributed by atoms with E-state index < -0.39 is 5.82 Å². The van der Waals surface area contributed by atoms with E-state index in [-0.39, 0.29) is 11.3 Å². The second-order valence-corrected chi connectivity index (χ2v) is 8.30. The van der Waals surface area contributed by atoms with Crippen LogP contribution in [0.1, 0.15) is 11.1 Å². The van der Waals surface area contributed by atoms with Crippen LogP contribution in [0.2, 0.25) is 0 Å². The van der Waals surface area contributed by atoms with Gasteiger partial charge in [0.1, 0.15) is 17.5 Å². The molecule has 4 rings (SSSR count). The van der Waals surface area contributed by atoms with Crippen LogP contribution in [0.5, 0.6) is 0 Å². The first kappa shape index (κ1) is 22.5. The number of anilines is 2. The molecule has 1 saturated heterocycles. The number of nitrogens with one attached hydrogen (secondary N) is 1. The van der Waals surface area contributed by atoms with E-state index in [4.69, 9.17) is 11.6 Å². The first-order valence-electron chi connectivity index (χ1n) is 10.7. The molecular formula is C24H29FN8. The normalized spacial score (nSPS) is 15.0. The average Bonchev–Trinajstić information content (AvgIpc) is 2.79. The number of piperazine rings is 1. The smallest absolute Gasteiger partial charge is 0.133 e. The summed E-state index contributed by atoms with van der Waals surface area (Å²) in [5.74, 6) is 6.71. The standard InChI is InChI=1S/C24H29FN8/c1-16(17-4-5-28-24(13-17)33-8-6-31(2)7-9-33)30-23-12-18-10-20(22(26)15-32(3)27)21(25)11-19(18)14-29-23/h4-5,10-15H,1,6-9,26-27H2,2-3H3,(H,29,30)/b22-15-. The van der Waals surface area contributed by atoms with Crippen molar-refractivity contribution >= 4 is 33.8 Å². The zero-order chi connectivity index (χ0) is 23.5. The molecular weight excluding hydrogens is 419 g/mol. The Bertz CT molecular complexity index is 1200. The molecule has 0 radical (unpaired) electrons. The largest absolute Gasteiger partial charge is 0.397 e. The zero-order valence-corrected chi connectivity index (χ0v) is 18.9. The number of halogens is 1. The fourth-order valence-corrected chi connectivity index (χ4v) is 3.79. The van der Waals surface area contributed by atoms with E-state index >= 15 is 0 Å². The van der Waals surface area contributed by atoms with E-state index in [1.54, 1.807) is 25.5 Å². The average molecular weight is 449 g/mol. The number of nitrogens with zero attached hydrogens (tertiary/aromatic N) is 5. The van der Waals surface area contributed by atoms with Crippen molar-refractivity contribution in [3.63, 3.8) is 0 Å². The van der Waals surface area contributed by atoms with Gasteiger partial charge in [-0.15, -0.1) is 0 Å². The highest BCUT2D eigenvalue weighted by atomic mass is 19.1. The molecule has 1 fully saturated rings. The van der Waals surface area contributed by atoms with E-state index in [0.29, 0.717) is 16.9 Å². The van der Waals surface area contributed by atoms with E-state index in [9.17, 15) is 4.39 Å². The number of pyridine rings is 2. The molecule has 0 atom stereocenters. The third-order valence-corrected chi connectivity index (χ3v) is 5.66. The predicted octanol–water partition coefficient (Wildman–Crippen LogP) is 2.67. The summed E-state index contributed by atoms with van der Waals surface area (Å²) in [6.45, 7) is 8.08. The van der Waals surface area contributed by atoms with Gasteiger partial charge in [-0.3, -0.25) is 0 Å². The third-order valence-electron chi connectivity index (χ3n) is 5.66. The first-order valence-corrected chi connectivity index (χ1v) is 10.7. The second-order valence-electron chi connectivity index (χ2n) is 8.30. The van der Waals surface area contributed by atoms with Gasteiger partial charge in [0.25, 0.3) is 0 Å². The summed E-state index contributed by atoms with van der Waals surface area (Å²) in [7, 11) is 3.75. The molecule has 172 valence electrons. The first-order chi connectivity index (χ1) is 15.8. The Balaban J connectivity index is 1.55. The highest BCUT2D eigenvalue weighted by molar-refractivity contribution is 5.88. The van der Waals surface area contributed by atoms with Crippen molar-refractivity contribution < 1.29 is 4.39 Å². The predicted molar refractivity (Wildman–Crippen MR) is 132 cm³/mol. The number of aromatic nitrogens is 2. The Morgan fingerprint density at radius 1 is 1.15 bits per heavy atom. The SMILES string of the molecule is C=C(Nc1cc2cc(/C(N)=C/N(C)N)c(F)cc2cn1)c1ccnc(N2CCN(C)CC2)c1. The molecule has 1 aliphatic rings. The summed E-state index contributed by atoms with van der Waals surface area (Å²) in [4.78, 5) is 13.5. The fourth-order valence-electron chi connectivity index (χ4n) is 3.79. The van der Waals surface area contributed by atoms with Crippen LogP contribution >= 0.6 is 0 Å². The topological polar surface area (TPSA) is 99.6 Å². The van der Waals surface area contributed by atoms with Crippen LogP contribution in [-0.4, -0.2) is 60.2 Å². The molecule has 0 bridgehead atoms. The van der Waals surface area contributed by atoms with Gasteiger partial charge in [-0.1, -0.05) is 6.58 Å². The molecule has 1 aliphatic heterocycles. The molecule has 0 unspecified atom stereocenters. The van der Waals surface area contributed by atoms with Gasteiger partial charge in [0, 0.05) is 74.0 Å². The Labute approximate surface area is 193 Å². The number of nitrogens with two attached hydrogens (primary N) is 2. The highest BCUT2D eigenvalue weighted by Crippen LogP contribution is 2.26. The van der Waals surface area contributed by atoms with Crippen molar-refractivity contribution in [2.24, 2.45) is 11.6 Å². The van der Waals surface area contributed by atoms with Gasteiger partial charge in [0.15, 0.2) is 0 Å². The maximum Gasteiger partial charge on any atom is 0.133 e. The van der Waals surface area contributed by atoms with Crippen molar-refractivity contribution in [2.75, 3.05) is 50.5 Å². The molecule has 0 saturated carbocycles. The lowest BCUT2D eigenvalue weighted by Gasteiger charge is -2.33. The number of fused-ring (bicyclic) bond motifs is 1. The number of hydrogen-bond donors (Lipinski definition) is 3. The molecule has 8 nitrogen and oxygen atoms in total. The Hall–Kier alpha value is -3.69. The third kappa shape index (κ3) is 5.21. The molecule has 9 heteroatoms. The summed E-state index contributed by atoms with van der Waals surface area (Å²) in [5.41, 5.74) is 8.16. The molecule has 1 aromatic carbocycles. The fraction of sp³-hybridized carbons (Fsp3) is 0.250. The van der Waals surface area contributed by atoms with E-state index in [0.717, 1.165) is 42.9 Å². The lowest BCUT2D eigenvalue weighted by Crippen LogP contribution is -2.44. The molecule has 0 amide bonds. The minimum atomic E-state index is -0.432. The molecule has 5 N–H and O–H groups in total. The van der Waals surface area contributed by atoms with Crippen LogP contribution in [0.4, 0.5) is 16.0 Å². The summed E-state index contributed by atoms with van der Waals surface area (Å²) >= 11 is 0. The minimum absolute atomic E-state index is 0.239. The van der Waals surface area contributed by atoms with Gasteiger partial charge in [0.05, 0.1) is 5.70 Å². The number of rotatable bonds is 6. The van der Waals surface area contributed by atoms with Crippen LogP contribution < -0.4 is 21.8 Å². The van der Waals surface area contributed by atoms with Gasteiger partial charge >= 0.3 is 0 Å². The Morgan fingerprint density at radius 3 is 2.64 bits per heavy atom. The molecule has 0 spiro atoms. The number of benzene rings is 1. The van der Waals surface area contributed by atoms with Gasteiger partial charge in [-0.05, 0) is 42.8 Å². The molecule has 33 heavy (non-hydrogen) atoms. The van der Waals surface area contributed by atoms with Crippen LogP contribution in [0, 0.1) is 5.82 Å². The maximum absolute atomic E-state index is 14.5. The van der Waals surface area contributed by atoms with Crippen molar-refractivity contribution in [3.8, 4) is 0 Å². The highest BCUT2D eigenvalue weighted by Gasteiger charge is 2.16. The van der Waals surface area contributed by atoms with Crippen LogP contribution in [0.25, 0.3) is 22.2 Å². The van der Waals surface area contributed by atoms with Crippen molar-refractivity contribution in [1.82, 2.24) is 19.9 Å². The molecule has 3 heterocycles. The lowest BCUT2D eigenvalue weighted by atomic mass is 10.1. The van der Waals surface area contributed by atoms with Gasteiger partial charge < -0.3 is 25.9 Å². The van der Waals surface area contributed by atoms with E-state index in [1.807, 2.05) is 18.2 Å².